The van der Waals surface area contributed by atoms with E-state index in [0.717, 1.165) is 11.3 Å². The van der Waals surface area contributed by atoms with Crippen molar-refractivity contribution in [3.63, 3.8) is 0 Å². The quantitative estimate of drug-likeness (QED) is 0.531. The number of methoxy groups -OCH3 is 1. The number of amides is 1. The second-order valence-corrected chi connectivity index (χ2v) is 9.63. The number of ketones is 2. The lowest BCUT2D eigenvalue weighted by atomic mass is 9.57. The van der Waals surface area contributed by atoms with Crippen molar-refractivity contribution in [3.05, 3.63) is 45.7 Å². The normalized spacial score (nSPS) is 27.9. The Kier molecular flexibility index (Phi) is 5.74. The average molecular weight is 481 g/mol. The minimum absolute atomic E-state index is 0.00484. The largest absolute Gasteiger partial charge is 0.508 e. The molecule has 4 atom stereocenters. The summed E-state index contributed by atoms with van der Waals surface area (Å²) in [5, 5.41) is 32.2. The molecule has 4 rings (SSSR count). The number of Topliss-reactive ketones (excluding diaryl/α,β-unsaturated/α-hetero) is 2. The van der Waals surface area contributed by atoms with Crippen molar-refractivity contribution in [2.45, 2.75) is 24.5 Å². The van der Waals surface area contributed by atoms with E-state index in [0.29, 0.717) is 6.42 Å². The third-order valence-electron chi connectivity index (χ3n) is 7.49. The molecule has 0 aromatic heterocycles. The van der Waals surface area contributed by atoms with Crippen LogP contribution >= 0.6 is 0 Å². The van der Waals surface area contributed by atoms with Gasteiger partial charge in [0.25, 0.3) is 5.91 Å². The Morgan fingerprint density at radius 3 is 2.40 bits per heavy atom. The van der Waals surface area contributed by atoms with Gasteiger partial charge in [-0.15, -0.1) is 0 Å². The van der Waals surface area contributed by atoms with Gasteiger partial charge in [-0.1, -0.05) is 0 Å². The van der Waals surface area contributed by atoms with Crippen LogP contribution in [0.4, 0.5) is 5.69 Å². The highest BCUT2D eigenvalue weighted by atomic mass is 16.5. The number of nitriles is 1. The molecule has 35 heavy (non-hydrogen) atoms. The zero-order valence-electron chi connectivity index (χ0n) is 20.2. The van der Waals surface area contributed by atoms with Crippen LogP contribution in [-0.2, 0) is 25.5 Å². The minimum atomic E-state index is -2.09. The molecular weight excluding hydrogens is 452 g/mol. The molecule has 0 radical (unpaired) electrons. The number of benzene rings is 1. The summed E-state index contributed by atoms with van der Waals surface area (Å²) in [6, 6.07) is 4.48. The van der Waals surface area contributed by atoms with E-state index in [2.05, 4.69) is 6.07 Å². The lowest BCUT2D eigenvalue weighted by Crippen LogP contribution is -2.66. The molecule has 0 heterocycles. The number of rotatable bonds is 4. The maximum Gasteiger partial charge on any atom is 0.255 e. The number of aliphatic hydroxyl groups is 2. The van der Waals surface area contributed by atoms with Gasteiger partial charge in [-0.25, -0.2) is 0 Å². The second kappa shape index (κ2) is 8.22. The zero-order valence-corrected chi connectivity index (χ0v) is 20.2. The van der Waals surface area contributed by atoms with Crippen LogP contribution in [0.25, 0.3) is 5.76 Å². The van der Waals surface area contributed by atoms with Crippen molar-refractivity contribution in [2.75, 3.05) is 40.2 Å². The molecule has 0 saturated heterocycles. The Balaban J connectivity index is 2.05. The Morgan fingerprint density at radius 2 is 1.89 bits per heavy atom. The topological polar surface area (TPSA) is 157 Å². The van der Waals surface area contributed by atoms with Crippen LogP contribution in [0.1, 0.15) is 23.1 Å². The highest BCUT2D eigenvalue weighted by molar-refractivity contribution is 6.24. The summed E-state index contributed by atoms with van der Waals surface area (Å²) < 4.78 is 5.66. The molecule has 184 valence electrons. The summed E-state index contributed by atoms with van der Waals surface area (Å²) in [7, 11) is 8.17. The summed E-state index contributed by atoms with van der Waals surface area (Å²) >= 11 is 0. The van der Waals surface area contributed by atoms with E-state index in [1.165, 1.54) is 7.11 Å². The van der Waals surface area contributed by atoms with E-state index < -0.39 is 52.3 Å². The Bertz CT molecular complexity index is 1270. The molecule has 4 N–H and O–H groups in total. The molecule has 3 aliphatic rings. The number of carbonyl (C=O) groups is 3. The molecule has 0 unspecified atom stereocenters. The van der Waals surface area contributed by atoms with Gasteiger partial charge in [0.1, 0.15) is 17.1 Å². The molecule has 1 aromatic rings. The van der Waals surface area contributed by atoms with Gasteiger partial charge in [-0.05, 0) is 50.6 Å². The first-order valence-electron chi connectivity index (χ1n) is 11.1. The fourth-order valence-corrected chi connectivity index (χ4v) is 6.08. The fourth-order valence-electron chi connectivity index (χ4n) is 6.08. The van der Waals surface area contributed by atoms with Crippen molar-refractivity contribution in [2.24, 2.45) is 17.6 Å². The van der Waals surface area contributed by atoms with E-state index in [9.17, 15) is 29.9 Å². The number of hydrogen-bond donors (Lipinski definition) is 3. The molecule has 0 bridgehead atoms. The third-order valence-corrected chi connectivity index (χ3v) is 7.49. The number of carbonyl (C=O) groups excluding carboxylic acids is 3. The van der Waals surface area contributed by atoms with Gasteiger partial charge >= 0.3 is 0 Å². The number of primary amides is 1. The van der Waals surface area contributed by atoms with Gasteiger partial charge in [0, 0.05) is 43.9 Å². The Morgan fingerprint density at radius 1 is 1.23 bits per heavy atom. The number of nitrogens with zero attached hydrogens (tertiary/aromatic N) is 3. The molecule has 1 aromatic carbocycles. The van der Waals surface area contributed by atoms with Crippen LogP contribution in [0, 0.1) is 23.2 Å². The van der Waals surface area contributed by atoms with Crippen LogP contribution in [0.2, 0.25) is 0 Å². The maximum absolute atomic E-state index is 14.1. The number of hydrogen-bond acceptors (Lipinski definition) is 9. The van der Waals surface area contributed by atoms with Gasteiger partial charge in [0.2, 0.25) is 5.78 Å². The minimum Gasteiger partial charge on any atom is -0.508 e. The lowest BCUT2D eigenvalue weighted by Gasteiger charge is -2.52. The molecule has 0 aliphatic heterocycles. The Hall–Kier alpha value is -3.68. The van der Waals surface area contributed by atoms with E-state index >= 15 is 0 Å². The molecule has 10 heteroatoms. The van der Waals surface area contributed by atoms with Gasteiger partial charge in [-0.2, -0.15) is 5.26 Å². The van der Waals surface area contributed by atoms with Gasteiger partial charge in [0.05, 0.1) is 17.7 Å². The summed E-state index contributed by atoms with van der Waals surface area (Å²) in [4.78, 5) is 43.0. The number of aliphatic hydroxyl groups excluding tert-OH is 2. The fraction of sp³-hybridized carbons (Fsp3) is 0.440. The van der Waals surface area contributed by atoms with Crippen LogP contribution in [0.3, 0.4) is 0 Å². The van der Waals surface area contributed by atoms with Crippen molar-refractivity contribution in [1.82, 2.24) is 4.90 Å². The molecule has 1 fully saturated rings. The number of anilines is 1. The van der Waals surface area contributed by atoms with Crippen molar-refractivity contribution >= 4 is 28.9 Å². The average Bonchev–Trinajstić information content (AvgIpc) is 2.77. The molecule has 10 nitrogen and oxygen atoms in total. The number of nitrogens with two attached hydrogens (primary N) is 1. The lowest BCUT2D eigenvalue weighted by molar-refractivity contribution is -0.159. The molecule has 1 saturated carbocycles. The van der Waals surface area contributed by atoms with Crippen LogP contribution in [0.15, 0.2) is 29.0 Å². The zero-order chi connectivity index (χ0) is 26.0. The van der Waals surface area contributed by atoms with Gasteiger partial charge in [-0.3, -0.25) is 19.3 Å². The van der Waals surface area contributed by atoms with E-state index in [4.69, 9.17) is 10.5 Å². The SMILES string of the molecule is CO[C@]12C(=O)C3=C(O)c4c(C#N)ccc(N(C)C)c4C[C@H]3C[C@H]1[C@H](N(C)C)C(=O)C(C(N)=O)=C2O. The van der Waals surface area contributed by atoms with Crippen LogP contribution < -0.4 is 10.6 Å². The standard InChI is InChI=1S/C25H28N4O6/c1-28(2)15-7-6-11(10-26)16-13(15)8-12-9-14-19(29(3)4)21(31)18(24(27)34)23(33)25(14,35-5)22(32)17(12)20(16)30/h6-7,12,14,19,30,33H,8-9H2,1-5H3,(H2,27,34)/t12-,14-,19-,25-/m0/s1. The second-order valence-electron chi connectivity index (χ2n) is 9.63. The molecular formula is C25H28N4O6. The predicted molar refractivity (Wildman–Crippen MR) is 126 cm³/mol. The van der Waals surface area contributed by atoms with Crippen molar-refractivity contribution < 1.29 is 29.3 Å². The summed E-state index contributed by atoms with van der Waals surface area (Å²) in [6.07, 6.45) is 0.536. The molecule has 3 aliphatic carbocycles. The number of ether oxygens (including phenoxy) is 1. The summed E-state index contributed by atoms with van der Waals surface area (Å²) in [5.41, 5.74) is 4.65. The smallest absolute Gasteiger partial charge is 0.255 e. The van der Waals surface area contributed by atoms with Gasteiger partial charge in [0.15, 0.2) is 11.4 Å². The van der Waals surface area contributed by atoms with E-state index in [-0.39, 0.29) is 28.9 Å². The monoisotopic (exact) mass is 480 g/mol. The number of likely N-dealkylation sites (N-methyl/N-ethyl adjacent to an activating group) is 1. The third kappa shape index (κ3) is 3.12. The molecule has 1 amide bonds. The Labute approximate surface area is 202 Å². The summed E-state index contributed by atoms with van der Waals surface area (Å²) in [5.74, 6) is -5.15. The van der Waals surface area contributed by atoms with E-state index in [1.54, 1.807) is 31.1 Å². The van der Waals surface area contributed by atoms with Gasteiger partial charge < -0.3 is 25.6 Å². The number of fused-ring (bicyclic) bond motifs is 3. The first-order chi connectivity index (χ1) is 16.4. The molecule has 0 spiro atoms. The van der Waals surface area contributed by atoms with E-state index in [1.807, 2.05) is 19.0 Å². The highest BCUT2D eigenvalue weighted by Crippen LogP contribution is 2.54. The maximum atomic E-state index is 14.1. The predicted octanol–water partition coefficient (Wildman–Crippen LogP) is 0.850. The summed E-state index contributed by atoms with van der Waals surface area (Å²) in [6.45, 7) is 0. The van der Waals surface area contributed by atoms with Crippen molar-refractivity contribution in [3.8, 4) is 6.07 Å². The highest BCUT2D eigenvalue weighted by Gasteiger charge is 2.65. The first kappa shape index (κ1) is 24.4. The van der Waals surface area contributed by atoms with Crippen molar-refractivity contribution in [1.29, 1.82) is 5.26 Å². The first-order valence-corrected chi connectivity index (χ1v) is 11.1. The van der Waals surface area contributed by atoms with Crippen LogP contribution in [0.5, 0.6) is 0 Å². The van der Waals surface area contributed by atoms with Crippen LogP contribution in [-0.4, -0.2) is 79.5 Å².